The summed E-state index contributed by atoms with van der Waals surface area (Å²) in [5.41, 5.74) is 13.9. The van der Waals surface area contributed by atoms with Crippen LogP contribution in [0.4, 0.5) is 13.2 Å². The molecule has 0 aromatic heterocycles. The van der Waals surface area contributed by atoms with Crippen LogP contribution >= 0.6 is 0 Å². The third kappa shape index (κ3) is 3.02. The Hall–Kier alpha value is -2.64. The highest BCUT2D eigenvalue weighted by atomic mass is 19.2. The van der Waals surface area contributed by atoms with E-state index in [0.29, 0.717) is 6.07 Å². The zero-order valence-electron chi connectivity index (χ0n) is 10.5. The summed E-state index contributed by atoms with van der Waals surface area (Å²) in [7, 11) is 1.16. The van der Waals surface area contributed by atoms with E-state index in [1.165, 1.54) is 0 Å². The zero-order chi connectivity index (χ0) is 15.4. The molecule has 1 rings (SSSR count). The van der Waals surface area contributed by atoms with Gasteiger partial charge in [0, 0.05) is 18.3 Å². The number of carbonyl (C=O) groups excluding carboxylic acids is 1. The number of allylic oxidation sites excluding steroid dienone is 2. The predicted octanol–water partition coefficient (Wildman–Crippen LogP) is 0.522. The van der Waals surface area contributed by atoms with Crippen LogP contribution in [0, 0.1) is 17.5 Å². The number of nitrogens with two attached hydrogens (primary N) is 3. The first-order chi connectivity index (χ1) is 9.29. The molecule has 8 heteroatoms. The van der Waals surface area contributed by atoms with Crippen molar-refractivity contribution in [1.29, 1.82) is 0 Å². The average molecular weight is 286 g/mol. The number of hydrogen-bond donors (Lipinski definition) is 4. The molecule has 0 saturated carbocycles. The van der Waals surface area contributed by atoms with Gasteiger partial charge in [-0.2, -0.15) is 0 Å². The molecule has 108 valence electrons. The molecule has 1 aromatic carbocycles. The minimum absolute atomic E-state index is 0.115. The Balaban J connectivity index is 3.44. The van der Waals surface area contributed by atoms with Gasteiger partial charge in [-0.05, 0) is 18.2 Å². The molecule has 0 aliphatic heterocycles. The number of rotatable bonds is 3. The molecule has 0 radical (unpaired) electrons. The van der Waals surface area contributed by atoms with Gasteiger partial charge in [0.25, 0.3) is 5.91 Å². The number of amides is 1. The summed E-state index contributed by atoms with van der Waals surface area (Å²) in [5.74, 6) is -5.50. The highest BCUT2D eigenvalue weighted by Gasteiger charge is 2.24. The van der Waals surface area contributed by atoms with Gasteiger partial charge in [0.05, 0.1) is 5.82 Å². The lowest BCUT2D eigenvalue weighted by Gasteiger charge is -2.09. The summed E-state index contributed by atoms with van der Waals surface area (Å²) >= 11 is 0. The van der Waals surface area contributed by atoms with E-state index in [1.54, 1.807) is 0 Å². The monoisotopic (exact) mass is 286 g/mol. The number of halogens is 3. The van der Waals surface area contributed by atoms with Crippen molar-refractivity contribution in [3.63, 3.8) is 0 Å². The van der Waals surface area contributed by atoms with Crippen LogP contribution in [0.15, 0.2) is 24.0 Å². The smallest absolute Gasteiger partial charge is 0.257 e. The fourth-order valence-corrected chi connectivity index (χ4v) is 1.41. The Morgan fingerprint density at radius 1 is 1.15 bits per heavy atom. The van der Waals surface area contributed by atoms with Crippen LogP contribution in [-0.2, 0) is 0 Å². The number of hydrogen-bond acceptors (Lipinski definition) is 4. The van der Waals surface area contributed by atoms with Gasteiger partial charge in [0.15, 0.2) is 11.6 Å². The van der Waals surface area contributed by atoms with E-state index >= 15 is 0 Å². The van der Waals surface area contributed by atoms with Gasteiger partial charge in [0.1, 0.15) is 11.4 Å². The number of benzene rings is 1. The van der Waals surface area contributed by atoms with Gasteiger partial charge in [0.2, 0.25) is 0 Å². The standard InChI is InChI=1S/C12H13F3N4O/c1-19-12(20)9-6(13)4-5(10(14)11(9)15)7(16)2-3-8(17)18/h2-4H,16-18H2,1H3,(H,19,20)/b7-2-. The second-order valence-electron chi connectivity index (χ2n) is 3.78. The Labute approximate surface area is 112 Å². The SMILES string of the molecule is CNC(=O)c1c(F)cc(/C(N)=C/C=C(N)N)c(F)c1F. The Kier molecular flexibility index (Phi) is 4.63. The molecule has 0 saturated heterocycles. The third-order valence-corrected chi connectivity index (χ3v) is 2.38. The first-order valence-electron chi connectivity index (χ1n) is 5.38. The Morgan fingerprint density at radius 2 is 1.75 bits per heavy atom. The van der Waals surface area contributed by atoms with Crippen LogP contribution in [0.1, 0.15) is 15.9 Å². The van der Waals surface area contributed by atoms with E-state index < -0.39 is 34.5 Å². The fraction of sp³-hybridized carbons (Fsp3) is 0.0833. The van der Waals surface area contributed by atoms with E-state index in [9.17, 15) is 18.0 Å². The van der Waals surface area contributed by atoms with Crippen molar-refractivity contribution in [2.24, 2.45) is 17.2 Å². The first-order valence-corrected chi connectivity index (χ1v) is 5.38. The lowest BCUT2D eigenvalue weighted by atomic mass is 10.1. The predicted molar refractivity (Wildman–Crippen MR) is 68.3 cm³/mol. The summed E-state index contributed by atoms with van der Waals surface area (Å²) in [5, 5.41) is 2.00. The molecular formula is C12H13F3N4O. The van der Waals surface area contributed by atoms with Crippen LogP contribution in [0.2, 0.25) is 0 Å². The van der Waals surface area contributed by atoms with E-state index in [1.807, 2.05) is 5.32 Å². The molecule has 7 N–H and O–H groups in total. The first kappa shape index (κ1) is 15.4. The summed E-state index contributed by atoms with van der Waals surface area (Å²) in [4.78, 5) is 11.3. The maximum absolute atomic E-state index is 13.8. The molecule has 0 aliphatic carbocycles. The maximum Gasteiger partial charge on any atom is 0.257 e. The topological polar surface area (TPSA) is 107 Å². The third-order valence-electron chi connectivity index (χ3n) is 2.38. The molecule has 0 atom stereocenters. The van der Waals surface area contributed by atoms with Crippen LogP contribution in [0.25, 0.3) is 5.70 Å². The molecule has 20 heavy (non-hydrogen) atoms. The Bertz CT molecular complexity index is 607. The van der Waals surface area contributed by atoms with Crippen molar-refractivity contribution in [3.8, 4) is 0 Å². The maximum atomic E-state index is 13.8. The molecule has 0 fully saturated rings. The average Bonchev–Trinajstić information content (AvgIpc) is 2.39. The molecule has 1 amide bonds. The van der Waals surface area contributed by atoms with Gasteiger partial charge < -0.3 is 22.5 Å². The van der Waals surface area contributed by atoms with Crippen molar-refractivity contribution >= 4 is 11.6 Å². The molecule has 0 bridgehead atoms. The molecule has 0 spiro atoms. The van der Waals surface area contributed by atoms with Crippen molar-refractivity contribution < 1.29 is 18.0 Å². The molecular weight excluding hydrogens is 273 g/mol. The molecule has 0 heterocycles. The molecule has 0 aliphatic rings. The van der Waals surface area contributed by atoms with Gasteiger partial charge in [-0.15, -0.1) is 0 Å². The van der Waals surface area contributed by atoms with E-state index in [-0.39, 0.29) is 11.5 Å². The van der Waals surface area contributed by atoms with Gasteiger partial charge in [-0.1, -0.05) is 0 Å². The minimum atomic E-state index is -1.62. The lowest BCUT2D eigenvalue weighted by Crippen LogP contribution is -2.22. The summed E-state index contributed by atoms with van der Waals surface area (Å²) in [6, 6.07) is 0.620. The van der Waals surface area contributed by atoms with E-state index in [2.05, 4.69) is 0 Å². The van der Waals surface area contributed by atoms with Crippen molar-refractivity contribution in [2.75, 3.05) is 7.05 Å². The van der Waals surface area contributed by atoms with Crippen LogP contribution < -0.4 is 22.5 Å². The van der Waals surface area contributed by atoms with E-state index in [0.717, 1.165) is 19.2 Å². The second kappa shape index (κ2) is 6.00. The number of nitrogens with one attached hydrogen (secondary N) is 1. The van der Waals surface area contributed by atoms with Gasteiger partial charge in [-0.3, -0.25) is 4.79 Å². The normalized spacial score (nSPS) is 11.1. The van der Waals surface area contributed by atoms with E-state index in [4.69, 9.17) is 17.2 Å². The Morgan fingerprint density at radius 3 is 2.25 bits per heavy atom. The highest BCUT2D eigenvalue weighted by Crippen LogP contribution is 2.23. The van der Waals surface area contributed by atoms with Crippen LogP contribution in [0.3, 0.4) is 0 Å². The summed E-state index contributed by atoms with van der Waals surface area (Å²) in [6.07, 6.45) is 2.23. The second-order valence-corrected chi connectivity index (χ2v) is 3.78. The van der Waals surface area contributed by atoms with Crippen LogP contribution in [0.5, 0.6) is 0 Å². The van der Waals surface area contributed by atoms with Crippen molar-refractivity contribution in [1.82, 2.24) is 5.32 Å². The van der Waals surface area contributed by atoms with Crippen molar-refractivity contribution in [2.45, 2.75) is 0 Å². The largest absolute Gasteiger partial charge is 0.398 e. The highest BCUT2D eigenvalue weighted by molar-refractivity contribution is 5.95. The van der Waals surface area contributed by atoms with Gasteiger partial charge in [-0.25, -0.2) is 13.2 Å². The number of carbonyl (C=O) groups is 1. The fourth-order valence-electron chi connectivity index (χ4n) is 1.41. The molecule has 5 nitrogen and oxygen atoms in total. The lowest BCUT2D eigenvalue weighted by molar-refractivity contribution is 0.0953. The molecule has 0 unspecified atom stereocenters. The molecule has 1 aromatic rings. The minimum Gasteiger partial charge on any atom is -0.398 e. The van der Waals surface area contributed by atoms with Crippen LogP contribution in [-0.4, -0.2) is 13.0 Å². The van der Waals surface area contributed by atoms with Gasteiger partial charge >= 0.3 is 0 Å². The summed E-state index contributed by atoms with van der Waals surface area (Å²) < 4.78 is 41.2. The summed E-state index contributed by atoms with van der Waals surface area (Å²) in [6.45, 7) is 0. The van der Waals surface area contributed by atoms with Crippen molar-refractivity contribution in [3.05, 3.63) is 52.6 Å². The quantitative estimate of drug-likeness (QED) is 0.480. The zero-order valence-corrected chi connectivity index (χ0v) is 10.5.